The van der Waals surface area contributed by atoms with E-state index in [1.165, 1.54) is 0 Å². The lowest BCUT2D eigenvalue weighted by molar-refractivity contribution is 0.243. The van der Waals surface area contributed by atoms with E-state index in [1.54, 1.807) is 4.68 Å². The molecule has 0 amide bonds. The smallest absolute Gasteiger partial charge is 0.224 e. The third-order valence-electron chi connectivity index (χ3n) is 3.07. The lowest BCUT2D eigenvalue weighted by atomic mass is 10.1. The Morgan fingerprint density at radius 2 is 2.17 bits per heavy atom. The molecule has 18 heavy (non-hydrogen) atoms. The zero-order valence-electron chi connectivity index (χ0n) is 9.56. The van der Waals surface area contributed by atoms with E-state index >= 15 is 0 Å². The number of anilines is 2. The van der Waals surface area contributed by atoms with Crippen LogP contribution in [0.15, 0.2) is 12.2 Å². The first-order valence-electron chi connectivity index (χ1n) is 5.62. The second-order valence-electron chi connectivity index (χ2n) is 4.30. The summed E-state index contributed by atoms with van der Waals surface area (Å²) in [5.74, 6) is 0.472. The monoisotopic (exact) mass is 247 g/mol. The molecule has 0 unspecified atom stereocenters. The number of aliphatic hydroxyl groups is 1. The van der Waals surface area contributed by atoms with Crippen LogP contribution in [0.1, 0.15) is 12.5 Å². The molecule has 2 aromatic rings. The number of nitrogen functional groups attached to an aromatic ring is 2. The van der Waals surface area contributed by atoms with E-state index in [0.717, 1.165) is 6.42 Å². The molecule has 0 radical (unpaired) electrons. The van der Waals surface area contributed by atoms with Crippen LogP contribution >= 0.6 is 0 Å². The minimum Gasteiger partial charge on any atom is -0.396 e. The Morgan fingerprint density at radius 3 is 2.89 bits per heavy atom. The van der Waals surface area contributed by atoms with Gasteiger partial charge in [0.25, 0.3) is 0 Å². The number of hydrogen-bond acceptors (Lipinski definition) is 7. The second-order valence-corrected chi connectivity index (χ2v) is 4.30. The van der Waals surface area contributed by atoms with E-state index in [2.05, 4.69) is 20.3 Å². The molecule has 0 saturated heterocycles. The van der Waals surface area contributed by atoms with Crippen LogP contribution in [0.25, 0.3) is 11.2 Å². The van der Waals surface area contributed by atoms with Crippen LogP contribution < -0.4 is 11.5 Å². The van der Waals surface area contributed by atoms with Crippen molar-refractivity contribution < 1.29 is 5.11 Å². The molecule has 0 saturated carbocycles. The topological polar surface area (TPSA) is 129 Å². The van der Waals surface area contributed by atoms with Crippen LogP contribution in [-0.4, -0.2) is 36.7 Å². The van der Waals surface area contributed by atoms with Crippen molar-refractivity contribution >= 4 is 22.9 Å². The predicted octanol–water partition coefficient (Wildman–Crippen LogP) is -0.505. The van der Waals surface area contributed by atoms with Gasteiger partial charge in [0.1, 0.15) is 0 Å². The normalized spacial score (nSPS) is 22.9. The molecule has 2 heterocycles. The van der Waals surface area contributed by atoms with E-state index < -0.39 is 0 Å². The van der Waals surface area contributed by atoms with Gasteiger partial charge in [-0.25, -0.2) is 4.68 Å². The van der Waals surface area contributed by atoms with Gasteiger partial charge in [0.15, 0.2) is 17.0 Å². The van der Waals surface area contributed by atoms with Gasteiger partial charge < -0.3 is 16.6 Å². The van der Waals surface area contributed by atoms with Crippen LogP contribution in [-0.2, 0) is 0 Å². The first-order valence-corrected chi connectivity index (χ1v) is 5.62. The molecule has 2 aromatic heterocycles. The average molecular weight is 247 g/mol. The van der Waals surface area contributed by atoms with E-state index in [4.69, 9.17) is 16.6 Å². The molecule has 1 aliphatic rings. The molecular weight excluding hydrogens is 234 g/mol. The summed E-state index contributed by atoms with van der Waals surface area (Å²) in [4.78, 5) is 7.96. The van der Waals surface area contributed by atoms with Gasteiger partial charge >= 0.3 is 0 Å². The average Bonchev–Trinajstić information content (AvgIpc) is 2.93. The van der Waals surface area contributed by atoms with Crippen molar-refractivity contribution in [2.24, 2.45) is 5.92 Å². The van der Waals surface area contributed by atoms with Crippen molar-refractivity contribution in [2.75, 3.05) is 18.1 Å². The van der Waals surface area contributed by atoms with Gasteiger partial charge in [-0.3, -0.25) is 0 Å². The second kappa shape index (κ2) is 3.91. The van der Waals surface area contributed by atoms with E-state index in [9.17, 15) is 0 Å². The Bertz CT molecular complexity index is 620. The lowest BCUT2D eigenvalue weighted by Gasteiger charge is -2.10. The minimum atomic E-state index is 0.0147. The number of nitrogens with zero attached hydrogens (tertiary/aromatic N) is 5. The summed E-state index contributed by atoms with van der Waals surface area (Å²) in [7, 11) is 0. The van der Waals surface area contributed by atoms with Crippen LogP contribution in [0.4, 0.5) is 11.8 Å². The van der Waals surface area contributed by atoms with Gasteiger partial charge in [-0.2, -0.15) is 9.97 Å². The highest BCUT2D eigenvalue weighted by molar-refractivity contribution is 5.81. The summed E-state index contributed by atoms with van der Waals surface area (Å²) in [5, 5.41) is 17.1. The fourth-order valence-corrected chi connectivity index (χ4v) is 2.16. The van der Waals surface area contributed by atoms with Crippen LogP contribution in [0, 0.1) is 5.92 Å². The van der Waals surface area contributed by atoms with Gasteiger partial charge in [0.2, 0.25) is 5.95 Å². The highest BCUT2D eigenvalue weighted by atomic mass is 16.3. The van der Waals surface area contributed by atoms with Crippen molar-refractivity contribution in [1.82, 2.24) is 25.0 Å². The molecule has 0 fully saturated rings. The highest BCUT2D eigenvalue weighted by Crippen LogP contribution is 2.29. The molecule has 94 valence electrons. The molecule has 2 atom stereocenters. The summed E-state index contributed by atoms with van der Waals surface area (Å²) >= 11 is 0. The molecule has 0 aliphatic heterocycles. The van der Waals surface area contributed by atoms with Gasteiger partial charge in [-0.05, 0) is 6.42 Å². The molecule has 5 N–H and O–H groups in total. The predicted molar refractivity (Wildman–Crippen MR) is 65.3 cm³/mol. The molecule has 1 aliphatic carbocycles. The Hall–Kier alpha value is -2.22. The maximum Gasteiger partial charge on any atom is 0.224 e. The third-order valence-corrected chi connectivity index (χ3v) is 3.07. The molecule has 3 rings (SSSR count). The van der Waals surface area contributed by atoms with Crippen molar-refractivity contribution in [2.45, 2.75) is 12.5 Å². The fraction of sp³-hybridized carbons (Fsp3) is 0.400. The van der Waals surface area contributed by atoms with Crippen molar-refractivity contribution in [3.8, 4) is 0 Å². The Labute approximate surface area is 102 Å². The molecule has 0 aromatic carbocycles. The molecule has 0 bridgehead atoms. The molecule has 8 heteroatoms. The summed E-state index contributed by atoms with van der Waals surface area (Å²) in [5.41, 5.74) is 12.3. The number of nitrogens with two attached hydrogens (primary N) is 2. The quantitative estimate of drug-likeness (QED) is 0.610. The van der Waals surface area contributed by atoms with Crippen LogP contribution in [0.5, 0.6) is 0 Å². The summed E-state index contributed by atoms with van der Waals surface area (Å²) in [6, 6.07) is 0.0147. The number of rotatable bonds is 2. The maximum atomic E-state index is 9.12. The minimum absolute atomic E-state index is 0.0147. The van der Waals surface area contributed by atoms with Gasteiger partial charge in [0, 0.05) is 12.5 Å². The van der Waals surface area contributed by atoms with Crippen molar-refractivity contribution in [1.29, 1.82) is 0 Å². The summed E-state index contributed by atoms with van der Waals surface area (Å²) < 4.78 is 1.66. The summed E-state index contributed by atoms with van der Waals surface area (Å²) in [6.45, 7) is 0.124. The first kappa shape index (κ1) is 10.9. The van der Waals surface area contributed by atoms with E-state index in [1.807, 2.05) is 12.2 Å². The van der Waals surface area contributed by atoms with Gasteiger partial charge in [-0.1, -0.05) is 17.4 Å². The molecular formula is C10H13N7O. The number of aliphatic hydroxyl groups excluding tert-OH is 1. The molecule has 0 spiro atoms. The van der Waals surface area contributed by atoms with Crippen LogP contribution in [0.2, 0.25) is 0 Å². The van der Waals surface area contributed by atoms with Gasteiger partial charge in [0.05, 0.1) is 6.04 Å². The standard InChI is InChI=1S/C10H13N7O/c11-8-7-9(14-10(12)13-8)17(16-15-7)6-2-1-5(3-6)4-18/h1-2,5-6,18H,3-4H2,(H4,11,12,13,14)/t5-,6+/m1/s1. The van der Waals surface area contributed by atoms with Crippen molar-refractivity contribution in [3.05, 3.63) is 12.2 Å². The number of hydrogen-bond donors (Lipinski definition) is 3. The molecule has 8 nitrogen and oxygen atoms in total. The third kappa shape index (κ3) is 1.58. The fourth-order valence-electron chi connectivity index (χ4n) is 2.16. The number of allylic oxidation sites excluding steroid dienone is 1. The summed E-state index contributed by atoms with van der Waals surface area (Å²) in [6.07, 6.45) is 4.70. The number of aromatic nitrogens is 5. The first-order chi connectivity index (χ1) is 8.69. The zero-order valence-corrected chi connectivity index (χ0v) is 9.56. The lowest BCUT2D eigenvalue weighted by Crippen LogP contribution is -2.11. The van der Waals surface area contributed by atoms with E-state index in [0.29, 0.717) is 11.2 Å². The van der Waals surface area contributed by atoms with Crippen molar-refractivity contribution in [3.63, 3.8) is 0 Å². The highest BCUT2D eigenvalue weighted by Gasteiger charge is 2.23. The van der Waals surface area contributed by atoms with E-state index in [-0.39, 0.29) is 30.3 Å². The van der Waals surface area contributed by atoms with Crippen LogP contribution in [0.3, 0.4) is 0 Å². The largest absolute Gasteiger partial charge is 0.396 e. The maximum absolute atomic E-state index is 9.12. The van der Waals surface area contributed by atoms with Gasteiger partial charge in [-0.15, -0.1) is 5.10 Å². The Balaban J connectivity index is 2.06. The Morgan fingerprint density at radius 1 is 1.33 bits per heavy atom. The zero-order chi connectivity index (χ0) is 12.7. The number of fused-ring (bicyclic) bond motifs is 1. The Kier molecular flexibility index (Phi) is 2.37. The SMILES string of the molecule is Nc1nc(N)c2nnn([C@H]3C=C[C@@H](CO)C3)c2n1.